The predicted octanol–water partition coefficient (Wildman–Crippen LogP) is 3.29. The summed E-state index contributed by atoms with van der Waals surface area (Å²) >= 11 is 1.63. The van der Waals surface area contributed by atoms with E-state index in [0.717, 1.165) is 40.1 Å². The summed E-state index contributed by atoms with van der Waals surface area (Å²) in [5.74, 6) is 0.101. The lowest BCUT2D eigenvalue weighted by Crippen LogP contribution is -2.11. The predicted molar refractivity (Wildman–Crippen MR) is 78.9 cm³/mol. The second-order valence-electron chi connectivity index (χ2n) is 5.50. The number of rotatable bonds is 5. The molecule has 0 saturated heterocycles. The van der Waals surface area contributed by atoms with Crippen LogP contribution in [0, 0.1) is 12.3 Å². The Hall–Kier alpha value is -1.62. The summed E-state index contributed by atoms with van der Waals surface area (Å²) in [6.07, 6.45) is 2.27. The quantitative estimate of drug-likeness (QED) is 0.855. The molecule has 1 fully saturated rings. The van der Waals surface area contributed by atoms with Gasteiger partial charge in [0.05, 0.1) is 12.1 Å². The van der Waals surface area contributed by atoms with Crippen molar-refractivity contribution in [2.24, 2.45) is 5.41 Å². The molecule has 1 heterocycles. The smallest absolute Gasteiger partial charge is 0.303 e. The average molecular weight is 288 g/mol. The minimum Gasteiger partial charge on any atom is -0.481 e. The van der Waals surface area contributed by atoms with Crippen molar-refractivity contribution in [3.63, 3.8) is 0 Å². The lowest BCUT2D eigenvalue weighted by Gasteiger charge is -2.12. The van der Waals surface area contributed by atoms with E-state index in [1.54, 1.807) is 11.8 Å². The molecule has 1 saturated carbocycles. The van der Waals surface area contributed by atoms with E-state index >= 15 is 0 Å². The molecule has 4 nitrogen and oxygen atoms in total. The number of carboxylic acid groups (broad SMARTS) is 1. The van der Waals surface area contributed by atoms with Crippen LogP contribution in [0.4, 0.5) is 0 Å². The normalized spacial score (nSPS) is 16.2. The molecule has 0 bridgehead atoms. The number of aliphatic carboxylic acids is 1. The number of fused-ring (bicyclic) bond motifs is 1. The topological polar surface area (TPSA) is 63.1 Å². The first-order valence-corrected chi connectivity index (χ1v) is 7.65. The van der Waals surface area contributed by atoms with Crippen LogP contribution in [0.15, 0.2) is 29.3 Å². The SMILES string of the molecule is Cc1nnc(SCC2(CC(=O)O)CC2)c2ccccc12. The molecule has 1 aromatic carbocycles. The van der Waals surface area contributed by atoms with E-state index in [9.17, 15) is 4.79 Å². The van der Waals surface area contributed by atoms with Crippen molar-refractivity contribution in [1.82, 2.24) is 10.2 Å². The lowest BCUT2D eigenvalue weighted by atomic mass is 10.1. The summed E-state index contributed by atoms with van der Waals surface area (Å²) in [6.45, 7) is 1.95. The van der Waals surface area contributed by atoms with E-state index in [-0.39, 0.29) is 11.8 Å². The summed E-state index contributed by atoms with van der Waals surface area (Å²) in [6, 6.07) is 8.10. The second kappa shape index (κ2) is 5.05. The molecular weight excluding hydrogens is 272 g/mol. The third-order valence-electron chi connectivity index (χ3n) is 3.84. The number of aromatic nitrogens is 2. The zero-order chi connectivity index (χ0) is 14.2. The van der Waals surface area contributed by atoms with Crippen LogP contribution in [0.5, 0.6) is 0 Å². The zero-order valence-corrected chi connectivity index (χ0v) is 12.1. The monoisotopic (exact) mass is 288 g/mol. The number of carbonyl (C=O) groups is 1. The van der Waals surface area contributed by atoms with Gasteiger partial charge < -0.3 is 5.11 Å². The molecule has 1 aliphatic rings. The van der Waals surface area contributed by atoms with Crippen molar-refractivity contribution in [3.05, 3.63) is 30.0 Å². The zero-order valence-electron chi connectivity index (χ0n) is 11.3. The summed E-state index contributed by atoms with van der Waals surface area (Å²) < 4.78 is 0. The standard InChI is InChI=1S/C15H16N2O2S/c1-10-11-4-2-3-5-12(11)14(17-16-10)20-9-15(6-7-15)8-13(18)19/h2-5H,6-9H2,1H3,(H,18,19). The van der Waals surface area contributed by atoms with E-state index in [1.807, 2.05) is 25.1 Å². The van der Waals surface area contributed by atoms with Gasteiger partial charge >= 0.3 is 5.97 Å². The van der Waals surface area contributed by atoms with E-state index in [1.165, 1.54) is 0 Å². The van der Waals surface area contributed by atoms with Gasteiger partial charge in [0.25, 0.3) is 0 Å². The minimum atomic E-state index is -0.706. The Labute approximate surface area is 121 Å². The van der Waals surface area contributed by atoms with Gasteiger partial charge in [-0.05, 0) is 25.2 Å². The van der Waals surface area contributed by atoms with Crippen LogP contribution in [0.2, 0.25) is 0 Å². The van der Waals surface area contributed by atoms with Crippen molar-refractivity contribution in [2.75, 3.05) is 5.75 Å². The number of thioether (sulfide) groups is 1. The number of hydrogen-bond donors (Lipinski definition) is 1. The third-order valence-corrected chi connectivity index (χ3v) is 5.17. The third kappa shape index (κ3) is 2.63. The number of hydrogen-bond acceptors (Lipinski definition) is 4. The highest BCUT2D eigenvalue weighted by Gasteiger charge is 2.44. The summed E-state index contributed by atoms with van der Waals surface area (Å²) in [7, 11) is 0. The molecule has 0 spiro atoms. The fraction of sp³-hybridized carbons (Fsp3) is 0.400. The maximum absolute atomic E-state index is 10.9. The van der Waals surface area contributed by atoms with Gasteiger partial charge in [0.1, 0.15) is 5.03 Å². The van der Waals surface area contributed by atoms with E-state index in [2.05, 4.69) is 16.3 Å². The molecule has 3 rings (SSSR count). The molecule has 1 N–H and O–H groups in total. The molecule has 0 radical (unpaired) electrons. The maximum Gasteiger partial charge on any atom is 0.303 e. The van der Waals surface area contributed by atoms with Gasteiger partial charge in [0.15, 0.2) is 0 Å². The Bertz CT molecular complexity index is 668. The van der Waals surface area contributed by atoms with Gasteiger partial charge in [-0.25, -0.2) is 0 Å². The summed E-state index contributed by atoms with van der Waals surface area (Å²) in [5, 5.41) is 20.6. The highest BCUT2D eigenvalue weighted by Crippen LogP contribution is 2.52. The Morgan fingerprint density at radius 1 is 1.30 bits per heavy atom. The first-order valence-electron chi connectivity index (χ1n) is 6.66. The van der Waals surface area contributed by atoms with Gasteiger partial charge in [-0.3, -0.25) is 4.79 Å². The fourth-order valence-corrected chi connectivity index (χ4v) is 3.68. The Morgan fingerprint density at radius 3 is 2.65 bits per heavy atom. The second-order valence-corrected chi connectivity index (χ2v) is 6.46. The Morgan fingerprint density at radius 2 is 2.00 bits per heavy atom. The molecule has 0 atom stereocenters. The molecule has 0 aliphatic heterocycles. The van der Waals surface area contributed by atoms with Gasteiger partial charge in [-0.15, -0.1) is 16.9 Å². The molecule has 0 unspecified atom stereocenters. The molecule has 2 aromatic rings. The number of benzene rings is 1. The van der Waals surface area contributed by atoms with E-state index in [4.69, 9.17) is 5.11 Å². The molecule has 104 valence electrons. The molecule has 5 heteroatoms. The van der Waals surface area contributed by atoms with Crippen molar-refractivity contribution in [2.45, 2.75) is 31.2 Å². The highest BCUT2D eigenvalue weighted by molar-refractivity contribution is 7.99. The largest absolute Gasteiger partial charge is 0.481 e. The summed E-state index contributed by atoms with van der Waals surface area (Å²) in [5.41, 5.74) is 0.904. The number of aryl methyl sites for hydroxylation is 1. The van der Waals surface area contributed by atoms with Crippen LogP contribution in [-0.2, 0) is 4.79 Å². The van der Waals surface area contributed by atoms with E-state index < -0.39 is 5.97 Å². The molecule has 0 amide bonds. The number of carboxylic acids is 1. The fourth-order valence-electron chi connectivity index (χ4n) is 2.41. The lowest BCUT2D eigenvalue weighted by molar-refractivity contribution is -0.138. The molecular formula is C15H16N2O2S. The van der Waals surface area contributed by atoms with Gasteiger partial charge in [-0.1, -0.05) is 24.3 Å². The Balaban J connectivity index is 1.82. The first kappa shape index (κ1) is 13.4. The van der Waals surface area contributed by atoms with Crippen LogP contribution < -0.4 is 0 Å². The van der Waals surface area contributed by atoms with Crippen LogP contribution in [-0.4, -0.2) is 27.0 Å². The highest BCUT2D eigenvalue weighted by atomic mass is 32.2. The summed E-state index contributed by atoms with van der Waals surface area (Å²) in [4.78, 5) is 10.9. The first-order chi connectivity index (χ1) is 9.60. The molecule has 20 heavy (non-hydrogen) atoms. The van der Waals surface area contributed by atoms with Crippen LogP contribution in [0.1, 0.15) is 25.0 Å². The average Bonchev–Trinajstić information content (AvgIpc) is 3.17. The van der Waals surface area contributed by atoms with Crippen molar-refractivity contribution in [1.29, 1.82) is 0 Å². The number of nitrogens with zero attached hydrogens (tertiary/aromatic N) is 2. The van der Waals surface area contributed by atoms with Crippen molar-refractivity contribution >= 4 is 28.5 Å². The van der Waals surface area contributed by atoms with Crippen molar-refractivity contribution in [3.8, 4) is 0 Å². The van der Waals surface area contributed by atoms with Crippen LogP contribution in [0.25, 0.3) is 10.8 Å². The van der Waals surface area contributed by atoms with Crippen LogP contribution >= 0.6 is 11.8 Å². The Kier molecular flexibility index (Phi) is 3.38. The van der Waals surface area contributed by atoms with E-state index in [0.29, 0.717) is 0 Å². The molecule has 1 aromatic heterocycles. The van der Waals surface area contributed by atoms with Gasteiger partial charge in [-0.2, -0.15) is 5.10 Å². The minimum absolute atomic E-state index is 0.0236. The van der Waals surface area contributed by atoms with Gasteiger partial charge in [0.2, 0.25) is 0 Å². The van der Waals surface area contributed by atoms with Crippen LogP contribution in [0.3, 0.4) is 0 Å². The van der Waals surface area contributed by atoms with Crippen molar-refractivity contribution < 1.29 is 9.90 Å². The van der Waals surface area contributed by atoms with Gasteiger partial charge in [0, 0.05) is 16.5 Å². The molecule has 1 aliphatic carbocycles. The maximum atomic E-state index is 10.9.